The number of para-hydroxylation sites is 1. The largest absolute Gasteiger partial charge is 0.368 e. The van der Waals surface area contributed by atoms with Crippen LogP contribution in [0.5, 0.6) is 0 Å². The van der Waals surface area contributed by atoms with Gasteiger partial charge in [0.25, 0.3) is 0 Å². The first-order valence-electron chi connectivity index (χ1n) is 7.57. The molecule has 1 aliphatic heterocycles. The van der Waals surface area contributed by atoms with Crippen LogP contribution in [0.2, 0.25) is 5.02 Å². The van der Waals surface area contributed by atoms with Crippen molar-refractivity contribution in [2.45, 2.75) is 37.9 Å². The highest BCUT2D eigenvalue weighted by Crippen LogP contribution is 2.33. The maximum Gasteiger partial charge on any atom is 0.0642 e. The highest BCUT2D eigenvalue weighted by Gasteiger charge is 2.27. The van der Waals surface area contributed by atoms with E-state index >= 15 is 0 Å². The van der Waals surface area contributed by atoms with Gasteiger partial charge >= 0.3 is 0 Å². The predicted octanol–water partition coefficient (Wildman–Crippen LogP) is 2.73. The zero-order chi connectivity index (χ0) is 14.1. The van der Waals surface area contributed by atoms with Crippen molar-refractivity contribution in [3.8, 4) is 0 Å². The molecule has 1 aliphatic carbocycles. The van der Waals surface area contributed by atoms with E-state index in [-0.39, 0.29) is 0 Å². The van der Waals surface area contributed by atoms with Crippen molar-refractivity contribution < 1.29 is 0 Å². The maximum atomic E-state index is 6.48. The van der Waals surface area contributed by atoms with E-state index in [1.54, 1.807) is 0 Å². The van der Waals surface area contributed by atoms with Crippen molar-refractivity contribution in [1.82, 2.24) is 10.2 Å². The van der Waals surface area contributed by atoms with Crippen LogP contribution in [0.4, 0.5) is 5.69 Å². The second-order valence-electron chi connectivity index (χ2n) is 6.25. The van der Waals surface area contributed by atoms with Gasteiger partial charge in [0.2, 0.25) is 0 Å². The van der Waals surface area contributed by atoms with Crippen molar-refractivity contribution in [2.75, 3.05) is 32.1 Å². The smallest absolute Gasteiger partial charge is 0.0642 e. The number of benzene rings is 1. The molecule has 2 aliphatic rings. The first kappa shape index (κ1) is 14.2. The van der Waals surface area contributed by atoms with E-state index in [0.717, 1.165) is 30.7 Å². The molecule has 4 heteroatoms. The van der Waals surface area contributed by atoms with Crippen LogP contribution in [0.3, 0.4) is 0 Å². The van der Waals surface area contributed by atoms with Crippen LogP contribution in [0.25, 0.3) is 0 Å². The lowest BCUT2D eigenvalue weighted by atomic mass is 10.1. The van der Waals surface area contributed by atoms with Crippen LogP contribution in [0, 0.1) is 0 Å². The zero-order valence-corrected chi connectivity index (χ0v) is 13.2. The van der Waals surface area contributed by atoms with Gasteiger partial charge in [0.1, 0.15) is 0 Å². The summed E-state index contributed by atoms with van der Waals surface area (Å²) < 4.78 is 0. The second-order valence-corrected chi connectivity index (χ2v) is 6.66. The van der Waals surface area contributed by atoms with Gasteiger partial charge in [-0.05, 0) is 45.0 Å². The molecule has 3 rings (SSSR count). The Kier molecular flexibility index (Phi) is 4.20. The molecule has 1 unspecified atom stereocenters. The molecule has 1 aromatic carbocycles. The van der Waals surface area contributed by atoms with Crippen molar-refractivity contribution in [1.29, 1.82) is 0 Å². The number of hydrogen-bond donors (Lipinski definition) is 1. The average molecular weight is 294 g/mol. The third-order valence-electron chi connectivity index (χ3n) is 4.44. The molecule has 20 heavy (non-hydrogen) atoms. The molecule has 0 radical (unpaired) electrons. The average Bonchev–Trinajstić information content (AvgIpc) is 3.12. The molecule has 1 N–H and O–H groups in total. The lowest BCUT2D eigenvalue weighted by molar-refractivity contribution is 0.315. The van der Waals surface area contributed by atoms with Crippen LogP contribution in [0.1, 0.15) is 24.8 Å². The minimum Gasteiger partial charge on any atom is -0.368 e. The number of rotatable bonds is 5. The lowest BCUT2D eigenvalue weighted by Crippen LogP contribution is -2.32. The van der Waals surface area contributed by atoms with E-state index < -0.39 is 0 Å². The fourth-order valence-corrected chi connectivity index (χ4v) is 3.28. The Morgan fingerprint density at radius 1 is 1.30 bits per heavy atom. The zero-order valence-electron chi connectivity index (χ0n) is 12.4. The van der Waals surface area contributed by atoms with E-state index in [0.29, 0.717) is 6.04 Å². The van der Waals surface area contributed by atoms with E-state index in [1.165, 1.54) is 30.5 Å². The van der Waals surface area contributed by atoms with Crippen LogP contribution >= 0.6 is 11.6 Å². The van der Waals surface area contributed by atoms with Gasteiger partial charge in [-0.1, -0.05) is 23.7 Å². The summed E-state index contributed by atoms with van der Waals surface area (Å²) in [7, 11) is 4.33. The number of likely N-dealkylation sites (N-methyl/N-ethyl adjacent to an activating group) is 1. The Hall–Kier alpha value is -0.770. The topological polar surface area (TPSA) is 18.5 Å². The summed E-state index contributed by atoms with van der Waals surface area (Å²) >= 11 is 6.48. The summed E-state index contributed by atoms with van der Waals surface area (Å²) in [5.74, 6) is 0. The molecule has 1 heterocycles. The Labute approximate surface area is 126 Å². The number of anilines is 1. The van der Waals surface area contributed by atoms with E-state index in [4.69, 9.17) is 11.6 Å². The predicted molar refractivity (Wildman–Crippen MR) is 85.6 cm³/mol. The van der Waals surface area contributed by atoms with Gasteiger partial charge in [0, 0.05) is 31.7 Å². The first-order chi connectivity index (χ1) is 9.65. The van der Waals surface area contributed by atoms with Gasteiger partial charge in [-0.25, -0.2) is 0 Å². The van der Waals surface area contributed by atoms with Crippen LogP contribution in [-0.4, -0.2) is 44.2 Å². The van der Waals surface area contributed by atoms with Crippen molar-refractivity contribution >= 4 is 17.3 Å². The molecule has 0 aromatic heterocycles. The molecule has 0 spiro atoms. The Morgan fingerprint density at radius 3 is 2.75 bits per heavy atom. The van der Waals surface area contributed by atoms with Gasteiger partial charge in [0.15, 0.2) is 0 Å². The summed E-state index contributed by atoms with van der Waals surface area (Å²) in [4.78, 5) is 4.77. The standard InChI is InChI=1S/C16H24ClN3/c1-19(2)14-8-9-20(11-14)16-12(4-3-5-15(16)17)10-18-13-6-7-13/h3-5,13-14,18H,6-11H2,1-2H3. The number of hydrogen-bond acceptors (Lipinski definition) is 3. The van der Waals surface area contributed by atoms with Crippen LogP contribution < -0.4 is 10.2 Å². The molecule has 1 atom stereocenters. The van der Waals surface area contributed by atoms with E-state index in [2.05, 4.69) is 41.3 Å². The third-order valence-corrected chi connectivity index (χ3v) is 4.74. The molecule has 1 saturated heterocycles. The first-order valence-corrected chi connectivity index (χ1v) is 7.95. The maximum absolute atomic E-state index is 6.48. The molecule has 0 amide bonds. The molecule has 1 aromatic rings. The van der Waals surface area contributed by atoms with Gasteiger partial charge in [-0.3, -0.25) is 0 Å². The summed E-state index contributed by atoms with van der Waals surface area (Å²) in [5, 5.41) is 4.49. The Bertz CT molecular complexity index is 471. The Morgan fingerprint density at radius 2 is 2.10 bits per heavy atom. The summed E-state index contributed by atoms with van der Waals surface area (Å²) in [6, 6.07) is 7.65. The van der Waals surface area contributed by atoms with Crippen LogP contribution in [0.15, 0.2) is 18.2 Å². The minimum atomic E-state index is 0.635. The van der Waals surface area contributed by atoms with Crippen molar-refractivity contribution in [2.24, 2.45) is 0 Å². The van der Waals surface area contributed by atoms with E-state index in [1.807, 2.05) is 6.07 Å². The molecular formula is C16H24ClN3. The van der Waals surface area contributed by atoms with Crippen molar-refractivity contribution in [3.63, 3.8) is 0 Å². The lowest BCUT2D eigenvalue weighted by Gasteiger charge is -2.25. The molecule has 3 nitrogen and oxygen atoms in total. The fraction of sp³-hybridized carbons (Fsp3) is 0.625. The summed E-state index contributed by atoms with van der Waals surface area (Å²) in [6.45, 7) is 3.11. The highest BCUT2D eigenvalue weighted by atomic mass is 35.5. The van der Waals surface area contributed by atoms with Gasteiger partial charge < -0.3 is 15.1 Å². The van der Waals surface area contributed by atoms with E-state index in [9.17, 15) is 0 Å². The van der Waals surface area contributed by atoms with Gasteiger partial charge in [-0.2, -0.15) is 0 Å². The normalized spacial score (nSPS) is 22.8. The molecule has 0 bridgehead atoms. The second kappa shape index (κ2) is 5.92. The number of halogens is 1. The number of nitrogens with zero attached hydrogens (tertiary/aromatic N) is 2. The minimum absolute atomic E-state index is 0.635. The number of nitrogens with one attached hydrogen (secondary N) is 1. The Balaban J connectivity index is 1.76. The van der Waals surface area contributed by atoms with Crippen molar-refractivity contribution in [3.05, 3.63) is 28.8 Å². The molecule has 110 valence electrons. The quantitative estimate of drug-likeness (QED) is 0.900. The SMILES string of the molecule is CN(C)C1CCN(c2c(Cl)cccc2CNC2CC2)C1. The molecular weight excluding hydrogens is 270 g/mol. The molecule has 2 fully saturated rings. The van der Waals surface area contributed by atoms with Gasteiger partial charge in [0.05, 0.1) is 10.7 Å². The molecule has 1 saturated carbocycles. The fourth-order valence-electron chi connectivity index (χ4n) is 2.96. The third kappa shape index (κ3) is 3.11. The summed E-state index contributed by atoms with van der Waals surface area (Å²) in [5.41, 5.74) is 2.58. The van der Waals surface area contributed by atoms with Gasteiger partial charge in [-0.15, -0.1) is 0 Å². The highest BCUT2D eigenvalue weighted by molar-refractivity contribution is 6.33. The van der Waals surface area contributed by atoms with Crippen LogP contribution in [-0.2, 0) is 6.54 Å². The monoisotopic (exact) mass is 293 g/mol. The summed E-state index contributed by atoms with van der Waals surface area (Å²) in [6.07, 6.45) is 3.86.